The van der Waals surface area contributed by atoms with Crippen molar-refractivity contribution in [3.63, 3.8) is 0 Å². The van der Waals surface area contributed by atoms with Gasteiger partial charge in [-0.15, -0.1) is 0 Å². The number of fused-ring (bicyclic) bond motifs is 1. The first-order chi connectivity index (χ1) is 8.78. The average molecular weight is 241 g/mol. The minimum Gasteiger partial charge on any atom is -0.497 e. The van der Waals surface area contributed by atoms with Crippen LogP contribution >= 0.6 is 0 Å². The Bertz CT molecular complexity index is 758. The molecule has 0 bridgehead atoms. The van der Waals surface area contributed by atoms with Crippen LogP contribution in [-0.2, 0) is 0 Å². The molecule has 3 rings (SSSR count). The van der Waals surface area contributed by atoms with Crippen LogP contribution < -0.4 is 10.3 Å². The molecule has 2 aromatic heterocycles. The van der Waals surface area contributed by atoms with E-state index in [0.717, 1.165) is 17.0 Å². The summed E-state index contributed by atoms with van der Waals surface area (Å²) in [5.41, 5.74) is 2.22. The number of nitrogens with zero attached hydrogens (tertiary/aromatic N) is 1. The van der Waals surface area contributed by atoms with E-state index in [1.807, 2.05) is 24.3 Å². The van der Waals surface area contributed by atoms with Gasteiger partial charge in [-0.05, 0) is 18.2 Å². The van der Waals surface area contributed by atoms with Crippen LogP contribution in [0.1, 0.15) is 0 Å². The van der Waals surface area contributed by atoms with Crippen molar-refractivity contribution >= 4 is 11.0 Å². The van der Waals surface area contributed by atoms with Gasteiger partial charge in [0.25, 0.3) is 5.56 Å². The molecule has 0 fully saturated rings. The zero-order valence-electron chi connectivity index (χ0n) is 9.73. The second-order valence-corrected chi connectivity index (χ2v) is 3.91. The molecule has 0 spiro atoms. The van der Waals surface area contributed by atoms with E-state index in [-0.39, 0.29) is 5.56 Å². The molecule has 5 heteroatoms. The van der Waals surface area contributed by atoms with Gasteiger partial charge in [-0.3, -0.25) is 4.79 Å². The molecule has 18 heavy (non-hydrogen) atoms. The minimum atomic E-state index is -0.148. The van der Waals surface area contributed by atoms with E-state index in [1.165, 1.54) is 6.33 Å². The summed E-state index contributed by atoms with van der Waals surface area (Å²) in [6, 6.07) is 9.41. The number of benzene rings is 1. The number of rotatable bonds is 2. The van der Waals surface area contributed by atoms with Crippen molar-refractivity contribution in [2.75, 3.05) is 7.11 Å². The summed E-state index contributed by atoms with van der Waals surface area (Å²) in [5, 5.41) is 0.551. The molecule has 0 aliphatic rings. The van der Waals surface area contributed by atoms with Crippen LogP contribution in [0.15, 0.2) is 41.5 Å². The SMILES string of the molecule is COc1cccc(-c2cc3c(=O)[nH]cnc3[nH]2)c1. The fourth-order valence-electron chi connectivity index (χ4n) is 1.90. The number of hydrogen-bond acceptors (Lipinski definition) is 3. The maximum absolute atomic E-state index is 11.6. The molecule has 0 atom stereocenters. The van der Waals surface area contributed by atoms with Crippen LogP contribution in [-0.4, -0.2) is 22.1 Å². The number of hydrogen-bond donors (Lipinski definition) is 2. The third-order valence-electron chi connectivity index (χ3n) is 2.81. The standard InChI is InChI=1S/C13H11N3O2/c1-18-9-4-2-3-8(5-9)11-6-10-12(16-11)14-7-15-13(10)17/h2-7H,1H3,(H2,14,15,16,17). The lowest BCUT2D eigenvalue weighted by atomic mass is 10.1. The predicted molar refractivity (Wildman–Crippen MR) is 68.7 cm³/mol. The molecular formula is C13H11N3O2. The van der Waals surface area contributed by atoms with Crippen molar-refractivity contribution in [1.29, 1.82) is 0 Å². The van der Waals surface area contributed by atoms with Gasteiger partial charge in [0.05, 0.1) is 18.8 Å². The molecule has 0 amide bonds. The summed E-state index contributed by atoms with van der Waals surface area (Å²) in [5.74, 6) is 0.771. The van der Waals surface area contributed by atoms with E-state index < -0.39 is 0 Å². The van der Waals surface area contributed by atoms with Gasteiger partial charge in [0.1, 0.15) is 11.4 Å². The topological polar surface area (TPSA) is 70.8 Å². The molecule has 0 radical (unpaired) electrons. The number of nitrogens with one attached hydrogen (secondary N) is 2. The summed E-state index contributed by atoms with van der Waals surface area (Å²) in [6.45, 7) is 0. The molecule has 3 aromatic rings. The van der Waals surface area contributed by atoms with Gasteiger partial charge in [0.15, 0.2) is 0 Å². The second-order valence-electron chi connectivity index (χ2n) is 3.91. The van der Waals surface area contributed by atoms with E-state index in [4.69, 9.17) is 4.74 Å². The lowest BCUT2D eigenvalue weighted by Gasteiger charge is -2.01. The van der Waals surface area contributed by atoms with Gasteiger partial charge in [-0.2, -0.15) is 0 Å². The maximum atomic E-state index is 11.6. The molecule has 1 aromatic carbocycles. The molecule has 0 saturated carbocycles. The monoisotopic (exact) mass is 241 g/mol. The Morgan fingerprint density at radius 1 is 1.28 bits per heavy atom. The fourth-order valence-corrected chi connectivity index (χ4v) is 1.90. The lowest BCUT2D eigenvalue weighted by molar-refractivity contribution is 0.415. The molecule has 0 aliphatic carbocycles. The van der Waals surface area contributed by atoms with E-state index in [9.17, 15) is 4.79 Å². The summed E-state index contributed by atoms with van der Waals surface area (Å²) in [6.07, 6.45) is 1.39. The Labute approximate surface area is 102 Å². The third-order valence-corrected chi connectivity index (χ3v) is 2.81. The third kappa shape index (κ3) is 1.66. The van der Waals surface area contributed by atoms with Crippen LogP contribution in [0.4, 0.5) is 0 Å². The van der Waals surface area contributed by atoms with Crippen LogP contribution in [0.3, 0.4) is 0 Å². The fraction of sp³-hybridized carbons (Fsp3) is 0.0769. The lowest BCUT2D eigenvalue weighted by Crippen LogP contribution is -2.04. The Morgan fingerprint density at radius 3 is 2.94 bits per heavy atom. The maximum Gasteiger partial charge on any atom is 0.260 e. The summed E-state index contributed by atoms with van der Waals surface area (Å²) in [7, 11) is 1.62. The molecule has 5 nitrogen and oxygen atoms in total. The number of methoxy groups -OCH3 is 1. The highest BCUT2D eigenvalue weighted by atomic mass is 16.5. The second kappa shape index (κ2) is 4.03. The number of aromatic amines is 2. The van der Waals surface area contributed by atoms with E-state index in [0.29, 0.717) is 11.0 Å². The van der Waals surface area contributed by atoms with Crippen molar-refractivity contribution in [3.05, 3.63) is 47.0 Å². The van der Waals surface area contributed by atoms with Gasteiger partial charge in [0.2, 0.25) is 0 Å². The number of H-pyrrole nitrogens is 2. The highest BCUT2D eigenvalue weighted by Gasteiger charge is 2.07. The van der Waals surface area contributed by atoms with Crippen LogP contribution in [0.25, 0.3) is 22.3 Å². The molecule has 2 heterocycles. The van der Waals surface area contributed by atoms with E-state index in [2.05, 4.69) is 15.0 Å². The summed E-state index contributed by atoms with van der Waals surface area (Å²) >= 11 is 0. The predicted octanol–water partition coefficient (Wildman–Crippen LogP) is 1.93. The zero-order valence-corrected chi connectivity index (χ0v) is 9.73. The minimum absolute atomic E-state index is 0.148. The van der Waals surface area contributed by atoms with Gasteiger partial charge in [-0.1, -0.05) is 12.1 Å². The van der Waals surface area contributed by atoms with E-state index in [1.54, 1.807) is 13.2 Å². The van der Waals surface area contributed by atoms with Crippen molar-refractivity contribution in [1.82, 2.24) is 15.0 Å². The Hall–Kier alpha value is -2.56. The average Bonchev–Trinajstić information content (AvgIpc) is 2.84. The van der Waals surface area contributed by atoms with Crippen LogP contribution in [0.5, 0.6) is 5.75 Å². The smallest absolute Gasteiger partial charge is 0.260 e. The Morgan fingerprint density at radius 2 is 2.17 bits per heavy atom. The number of ether oxygens (including phenoxy) is 1. The number of aromatic nitrogens is 3. The van der Waals surface area contributed by atoms with Crippen molar-refractivity contribution in [2.45, 2.75) is 0 Å². The molecule has 90 valence electrons. The summed E-state index contributed by atoms with van der Waals surface area (Å²) < 4.78 is 5.18. The van der Waals surface area contributed by atoms with E-state index >= 15 is 0 Å². The molecule has 0 unspecified atom stereocenters. The van der Waals surface area contributed by atoms with Crippen molar-refractivity contribution in [2.24, 2.45) is 0 Å². The highest BCUT2D eigenvalue weighted by Crippen LogP contribution is 2.24. The molecular weight excluding hydrogens is 230 g/mol. The van der Waals surface area contributed by atoms with Crippen LogP contribution in [0.2, 0.25) is 0 Å². The van der Waals surface area contributed by atoms with Gasteiger partial charge >= 0.3 is 0 Å². The van der Waals surface area contributed by atoms with Crippen molar-refractivity contribution < 1.29 is 4.74 Å². The normalized spacial score (nSPS) is 10.7. The Kier molecular flexibility index (Phi) is 2.37. The molecule has 2 N–H and O–H groups in total. The zero-order chi connectivity index (χ0) is 12.5. The molecule has 0 aliphatic heterocycles. The first-order valence-corrected chi connectivity index (χ1v) is 5.49. The van der Waals surface area contributed by atoms with Gasteiger partial charge in [-0.25, -0.2) is 4.98 Å². The summed E-state index contributed by atoms with van der Waals surface area (Å²) in [4.78, 5) is 21.4. The van der Waals surface area contributed by atoms with Gasteiger partial charge in [0, 0.05) is 11.3 Å². The van der Waals surface area contributed by atoms with Crippen LogP contribution in [0, 0.1) is 0 Å². The highest BCUT2D eigenvalue weighted by molar-refractivity contribution is 5.82. The largest absolute Gasteiger partial charge is 0.497 e. The quantitative estimate of drug-likeness (QED) is 0.720. The van der Waals surface area contributed by atoms with Crippen molar-refractivity contribution in [3.8, 4) is 17.0 Å². The van der Waals surface area contributed by atoms with Gasteiger partial charge < -0.3 is 14.7 Å². The first-order valence-electron chi connectivity index (χ1n) is 5.49. The first kappa shape index (κ1) is 10.6. The Balaban J connectivity index is 2.19. The molecule has 0 saturated heterocycles.